The molecule has 0 aromatic carbocycles. The summed E-state index contributed by atoms with van der Waals surface area (Å²) in [6.45, 7) is 1.57. The van der Waals surface area contributed by atoms with Gasteiger partial charge in [-0.15, -0.1) is 5.10 Å². The number of rotatable bonds is 5. The van der Waals surface area contributed by atoms with Crippen molar-refractivity contribution in [2.45, 2.75) is 19.4 Å². The molecule has 0 fully saturated rings. The lowest BCUT2D eigenvalue weighted by atomic mass is 10.3. The molecule has 3 N–H and O–H groups in total. The molecule has 0 spiro atoms. The van der Waals surface area contributed by atoms with Gasteiger partial charge in [-0.1, -0.05) is 0 Å². The van der Waals surface area contributed by atoms with E-state index >= 15 is 0 Å². The van der Waals surface area contributed by atoms with Gasteiger partial charge in [-0.3, -0.25) is 4.57 Å². The molecule has 13 heavy (non-hydrogen) atoms. The molecular formula is C7H14N4OS. The zero-order chi connectivity index (χ0) is 9.68. The van der Waals surface area contributed by atoms with Crippen molar-refractivity contribution in [1.29, 1.82) is 0 Å². The number of nitrogens with two attached hydrogens (primary N) is 1. The Bertz CT molecular complexity index is 306. The lowest BCUT2D eigenvalue weighted by molar-refractivity contribution is 0.191. The molecule has 6 heteroatoms. The van der Waals surface area contributed by atoms with Crippen LogP contribution in [0.5, 0.6) is 0 Å². The van der Waals surface area contributed by atoms with Gasteiger partial charge in [-0.25, -0.2) is 5.10 Å². The van der Waals surface area contributed by atoms with Crippen LogP contribution in [0.2, 0.25) is 0 Å². The van der Waals surface area contributed by atoms with E-state index in [4.69, 9.17) is 22.7 Å². The molecule has 0 saturated carbocycles. The number of aromatic nitrogens is 3. The number of aromatic amines is 1. The van der Waals surface area contributed by atoms with Crippen molar-refractivity contribution >= 4 is 18.2 Å². The van der Waals surface area contributed by atoms with E-state index < -0.39 is 0 Å². The fourth-order valence-corrected chi connectivity index (χ4v) is 1.29. The lowest BCUT2D eigenvalue weighted by Crippen LogP contribution is -2.04. The van der Waals surface area contributed by atoms with E-state index in [0.29, 0.717) is 10.7 Å². The van der Waals surface area contributed by atoms with Crippen molar-refractivity contribution in [2.24, 2.45) is 0 Å². The van der Waals surface area contributed by atoms with Crippen LogP contribution in [-0.2, 0) is 11.3 Å². The second-order valence-electron chi connectivity index (χ2n) is 2.74. The molecule has 0 aliphatic rings. The van der Waals surface area contributed by atoms with Crippen LogP contribution in [0.4, 0.5) is 5.95 Å². The van der Waals surface area contributed by atoms with Gasteiger partial charge in [0, 0.05) is 20.3 Å². The number of nitrogen functional groups attached to an aromatic ring is 1. The quantitative estimate of drug-likeness (QED) is 0.551. The molecule has 0 aliphatic carbocycles. The van der Waals surface area contributed by atoms with Crippen LogP contribution in [0, 0.1) is 4.77 Å². The first kappa shape index (κ1) is 10.2. The summed E-state index contributed by atoms with van der Waals surface area (Å²) in [5.74, 6) is 0.447. The maximum Gasteiger partial charge on any atom is 0.220 e. The van der Waals surface area contributed by atoms with Crippen molar-refractivity contribution < 1.29 is 4.74 Å². The average Bonchev–Trinajstić information content (AvgIpc) is 2.42. The number of methoxy groups -OCH3 is 1. The summed E-state index contributed by atoms with van der Waals surface area (Å²) < 4.78 is 7.29. The van der Waals surface area contributed by atoms with E-state index in [1.165, 1.54) is 0 Å². The van der Waals surface area contributed by atoms with E-state index in [1.807, 2.05) is 0 Å². The molecule has 5 nitrogen and oxygen atoms in total. The highest BCUT2D eigenvalue weighted by molar-refractivity contribution is 7.71. The smallest absolute Gasteiger partial charge is 0.220 e. The standard InChI is InChI=1S/C7H14N4OS/c1-12-5-3-2-4-11-6(8)9-10-7(11)13/h2-5H2,1H3,(H2,8,9)(H,10,13). The van der Waals surface area contributed by atoms with Gasteiger partial charge in [0.1, 0.15) is 0 Å². The number of hydrogen-bond donors (Lipinski definition) is 2. The lowest BCUT2D eigenvalue weighted by Gasteiger charge is -2.02. The summed E-state index contributed by atoms with van der Waals surface area (Å²) in [5, 5.41) is 6.44. The van der Waals surface area contributed by atoms with Gasteiger partial charge in [-0.2, -0.15) is 0 Å². The fraction of sp³-hybridized carbons (Fsp3) is 0.714. The first-order valence-electron chi connectivity index (χ1n) is 4.15. The molecule has 0 radical (unpaired) electrons. The van der Waals surface area contributed by atoms with Crippen molar-refractivity contribution in [3.63, 3.8) is 0 Å². The summed E-state index contributed by atoms with van der Waals surface area (Å²) >= 11 is 4.98. The zero-order valence-corrected chi connectivity index (χ0v) is 8.43. The Labute approximate surface area is 81.9 Å². The number of anilines is 1. The molecule has 74 valence electrons. The number of nitrogens with one attached hydrogen (secondary N) is 1. The van der Waals surface area contributed by atoms with Crippen LogP contribution >= 0.6 is 12.2 Å². The SMILES string of the molecule is COCCCCn1c(N)n[nH]c1=S. The summed E-state index contributed by atoms with van der Waals surface area (Å²) in [6, 6.07) is 0. The Morgan fingerprint density at radius 2 is 2.38 bits per heavy atom. The summed E-state index contributed by atoms with van der Waals surface area (Å²) in [7, 11) is 1.69. The highest BCUT2D eigenvalue weighted by Crippen LogP contribution is 2.02. The molecule has 0 amide bonds. The molecule has 1 aromatic rings. The van der Waals surface area contributed by atoms with E-state index in [0.717, 1.165) is 26.0 Å². The van der Waals surface area contributed by atoms with E-state index in [1.54, 1.807) is 11.7 Å². The van der Waals surface area contributed by atoms with Crippen molar-refractivity contribution in [1.82, 2.24) is 14.8 Å². The second kappa shape index (κ2) is 4.98. The Balaban J connectivity index is 2.40. The molecule has 0 aliphatic heterocycles. The Morgan fingerprint density at radius 1 is 1.62 bits per heavy atom. The van der Waals surface area contributed by atoms with Crippen molar-refractivity contribution in [2.75, 3.05) is 19.5 Å². The predicted molar refractivity (Wildman–Crippen MR) is 52.9 cm³/mol. The molecule has 0 saturated heterocycles. The number of H-pyrrole nitrogens is 1. The fourth-order valence-electron chi connectivity index (χ4n) is 1.06. The minimum absolute atomic E-state index is 0.447. The molecule has 1 aromatic heterocycles. The molecule has 0 unspecified atom stereocenters. The first-order chi connectivity index (χ1) is 6.25. The predicted octanol–water partition coefficient (Wildman–Crippen LogP) is 0.949. The number of hydrogen-bond acceptors (Lipinski definition) is 4. The maximum absolute atomic E-state index is 5.58. The number of unbranched alkanes of at least 4 members (excludes halogenated alkanes) is 1. The van der Waals surface area contributed by atoms with E-state index in [-0.39, 0.29) is 0 Å². The monoisotopic (exact) mass is 202 g/mol. The van der Waals surface area contributed by atoms with Gasteiger partial charge in [-0.05, 0) is 25.1 Å². The third-order valence-electron chi connectivity index (χ3n) is 1.77. The highest BCUT2D eigenvalue weighted by atomic mass is 32.1. The summed E-state index contributed by atoms with van der Waals surface area (Å²) in [6.07, 6.45) is 1.99. The van der Waals surface area contributed by atoms with Crippen molar-refractivity contribution in [3.05, 3.63) is 4.77 Å². The Kier molecular flexibility index (Phi) is 3.91. The molecule has 1 rings (SSSR count). The zero-order valence-electron chi connectivity index (χ0n) is 7.62. The Hall–Kier alpha value is -0.880. The first-order valence-corrected chi connectivity index (χ1v) is 4.56. The van der Waals surface area contributed by atoms with Crippen LogP contribution in [0.15, 0.2) is 0 Å². The van der Waals surface area contributed by atoms with Gasteiger partial charge in [0.2, 0.25) is 5.95 Å². The van der Waals surface area contributed by atoms with Crippen LogP contribution in [0.1, 0.15) is 12.8 Å². The molecule has 0 atom stereocenters. The van der Waals surface area contributed by atoms with Crippen LogP contribution in [0.3, 0.4) is 0 Å². The second-order valence-corrected chi connectivity index (χ2v) is 3.13. The molecule has 1 heterocycles. The number of ether oxygens (including phenoxy) is 1. The van der Waals surface area contributed by atoms with Gasteiger partial charge in [0.05, 0.1) is 0 Å². The average molecular weight is 202 g/mol. The third-order valence-corrected chi connectivity index (χ3v) is 2.08. The van der Waals surface area contributed by atoms with Crippen LogP contribution in [-0.4, -0.2) is 28.5 Å². The van der Waals surface area contributed by atoms with E-state index in [2.05, 4.69) is 10.2 Å². The van der Waals surface area contributed by atoms with Gasteiger partial charge < -0.3 is 10.5 Å². The molecular weight excluding hydrogens is 188 g/mol. The van der Waals surface area contributed by atoms with Gasteiger partial charge >= 0.3 is 0 Å². The maximum atomic E-state index is 5.58. The minimum Gasteiger partial charge on any atom is -0.385 e. The van der Waals surface area contributed by atoms with Crippen LogP contribution in [0.25, 0.3) is 0 Å². The summed E-state index contributed by atoms with van der Waals surface area (Å²) in [4.78, 5) is 0. The topological polar surface area (TPSA) is 68.9 Å². The Morgan fingerprint density at radius 3 is 2.92 bits per heavy atom. The van der Waals surface area contributed by atoms with E-state index in [9.17, 15) is 0 Å². The van der Waals surface area contributed by atoms with Gasteiger partial charge in [0.25, 0.3) is 0 Å². The third kappa shape index (κ3) is 2.82. The highest BCUT2D eigenvalue weighted by Gasteiger charge is 1.99. The summed E-state index contributed by atoms with van der Waals surface area (Å²) in [5.41, 5.74) is 5.58. The minimum atomic E-state index is 0.447. The normalized spacial score (nSPS) is 10.5. The number of nitrogens with zero attached hydrogens (tertiary/aromatic N) is 2. The van der Waals surface area contributed by atoms with Crippen LogP contribution < -0.4 is 5.73 Å². The van der Waals surface area contributed by atoms with Crippen molar-refractivity contribution in [3.8, 4) is 0 Å². The largest absolute Gasteiger partial charge is 0.385 e. The van der Waals surface area contributed by atoms with Gasteiger partial charge in [0.15, 0.2) is 4.77 Å². The molecule has 0 bridgehead atoms.